The van der Waals surface area contributed by atoms with E-state index in [4.69, 9.17) is 6.42 Å². The monoisotopic (exact) mass is 217 g/mol. The zero-order valence-corrected chi connectivity index (χ0v) is 9.34. The highest BCUT2D eigenvalue weighted by molar-refractivity contribution is 5.79. The average Bonchev–Trinajstić information content (AvgIpc) is 2.87. The highest BCUT2D eigenvalue weighted by atomic mass is 16.2. The maximum atomic E-state index is 11.7. The number of likely N-dealkylation sites (tertiary alicyclic amines) is 1. The van der Waals surface area contributed by atoms with Gasteiger partial charge in [-0.2, -0.15) is 5.10 Å². The minimum atomic E-state index is 0.0765. The van der Waals surface area contributed by atoms with E-state index < -0.39 is 0 Å². The Morgan fingerprint density at radius 1 is 1.75 bits per heavy atom. The van der Waals surface area contributed by atoms with Crippen molar-refractivity contribution in [2.45, 2.75) is 25.9 Å². The fourth-order valence-corrected chi connectivity index (χ4v) is 2.05. The molecule has 1 saturated heterocycles. The molecule has 1 aliphatic rings. The lowest BCUT2D eigenvalue weighted by Gasteiger charge is -2.24. The summed E-state index contributed by atoms with van der Waals surface area (Å²) in [6, 6.07) is 2.02. The van der Waals surface area contributed by atoms with Gasteiger partial charge in [-0.15, -0.1) is 12.3 Å². The number of terminal acetylenes is 1. The molecule has 4 heteroatoms. The summed E-state index contributed by atoms with van der Waals surface area (Å²) in [5, 5.41) is 4.13. The van der Waals surface area contributed by atoms with Crippen molar-refractivity contribution < 1.29 is 4.79 Å². The summed E-state index contributed by atoms with van der Waals surface area (Å²) >= 11 is 0. The molecule has 84 valence electrons. The average molecular weight is 217 g/mol. The SMILES string of the molecule is C#CC1CC(=O)N(C(C)Cn2cccn2)C1. The third-order valence-corrected chi connectivity index (χ3v) is 2.94. The molecule has 1 fully saturated rings. The Labute approximate surface area is 95.2 Å². The molecule has 2 rings (SSSR count). The van der Waals surface area contributed by atoms with Crippen LogP contribution < -0.4 is 0 Å². The molecule has 0 N–H and O–H groups in total. The predicted octanol–water partition coefficient (Wildman–Crippen LogP) is 0.753. The van der Waals surface area contributed by atoms with Crippen molar-refractivity contribution in [2.75, 3.05) is 6.54 Å². The van der Waals surface area contributed by atoms with Crippen molar-refractivity contribution in [3.8, 4) is 12.3 Å². The number of rotatable bonds is 3. The van der Waals surface area contributed by atoms with E-state index >= 15 is 0 Å². The summed E-state index contributed by atoms with van der Waals surface area (Å²) in [5.41, 5.74) is 0. The summed E-state index contributed by atoms with van der Waals surface area (Å²) < 4.78 is 1.83. The summed E-state index contributed by atoms with van der Waals surface area (Å²) in [6.45, 7) is 3.42. The van der Waals surface area contributed by atoms with Crippen LogP contribution in [0.3, 0.4) is 0 Å². The Kier molecular flexibility index (Phi) is 2.95. The van der Waals surface area contributed by atoms with Gasteiger partial charge in [0.2, 0.25) is 5.91 Å². The third-order valence-electron chi connectivity index (χ3n) is 2.94. The Morgan fingerprint density at radius 3 is 3.12 bits per heavy atom. The zero-order valence-electron chi connectivity index (χ0n) is 9.34. The molecule has 16 heavy (non-hydrogen) atoms. The van der Waals surface area contributed by atoms with Gasteiger partial charge in [0, 0.05) is 37.3 Å². The van der Waals surface area contributed by atoms with Crippen molar-refractivity contribution >= 4 is 5.91 Å². The second kappa shape index (κ2) is 4.40. The van der Waals surface area contributed by atoms with Crippen LogP contribution in [0.1, 0.15) is 13.3 Å². The van der Waals surface area contributed by atoms with Gasteiger partial charge in [-0.1, -0.05) is 0 Å². The molecule has 2 heterocycles. The number of amides is 1. The number of carbonyl (C=O) groups excluding carboxylic acids is 1. The van der Waals surface area contributed by atoms with Crippen LogP contribution in [0, 0.1) is 18.3 Å². The van der Waals surface area contributed by atoms with Gasteiger partial charge in [0.1, 0.15) is 0 Å². The molecule has 0 spiro atoms. The minimum Gasteiger partial charge on any atom is -0.337 e. The molecule has 1 amide bonds. The fraction of sp³-hybridized carbons (Fsp3) is 0.500. The van der Waals surface area contributed by atoms with Gasteiger partial charge in [0.15, 0.2) is 0 Å². The molecule has 0 aliphatic carbocycles. The number of hydrogen-bond acceptors (Lipinski definition) is 2. The summed E-state index contributed by atoms with van der Waals surface area (Å²) in [4.78, 5) is 13.6. The van der Waals surface area contributed by atoms with Crippen molar-refractivity contribution in [2.24, 2.45) is 5.92 Å². The topological polar surface area (TPSA) is 38.1 Å². The van der Waals surface area contributed by atoms with E-state index in [1.807, 2.05) is 28.8 Å². The minimum absolute atomic E-state index is 0.0765. The smallest absolute Gasteiger partial charge is 0.224 e. The van der Waals surface area contributed by atoms with E-state index in [9.17, 15) is 4.79 Å². The van der Waals surface area contributed by atoms with Crippen LogP contribution in [-0.2, 0) is 11.3 Å². The highest BCUT2D eigenvalue weighted by Crippen LogP contribution is 2.19. The van der Waals surface area contributed by atoms with Gasteiger partial charge in [-0.25, -0.2) is 0 Å². The standard InChI is InChI=1S/C12H15N3O/c1-3-11-7-12(16)15(9-11)10(2)8-14-6-4-5-13-14/h1,4-6,10-11H,7-9H2,2H3. The summed E-state index contributed by atoms with van der Waals surface area (Å²) in [7, 11) is 0. The Balaban J connectivity index is 1.98. The lowest BCUT2D eigenvalue weighted by atomic mass is 10.1. The van der Waals surface area contributed by atoms with Crippen LogP contribution in [0.5, 0.6) is 0 Å². The van der Waals surface area contributed by atoms with Crippen LogP contribution >= 0.6 is 0 Å². The van der Waals surface area contributed by atoms with Gasteiger partial charge in [-0.3, -0.25) is 9.48 Å². The van der Waals surface area contributed by atoms with E-state index in [0.29, 0.717) is 13.0 Å². The van der Waals surface area contributed by atoms with Crippen LogP contribution in [0.25, 0.3) is 0 Å². The van der Waals surface area contributed by atoms with Gasteiger partial charge in [0.25, 0.3) is 0 Å². The number of carbonyl (C=O) groups is 1. The zero-order chi connectivity index (χ0) is 11.5. The molecule has 0 saturated carbocycles. The first-order valence-electron chi connectivity index (χ1n) is 5.43. The van der Waals surface area contributed by atoms with E-state index in [1.165, 1.54) is 0 Å². The van der Waals surface area contributed by atoms with Crippen LogP contribution in [0.4, 0.5) is 0 Å². The second-order valence-corrected chi connectivity index (χ2v) is 4.19. The molecule has 2 unspecified atom stereocenters. The molecule has 1 aromatic heterocycles. The van der Waals surface area contributed by atoms with Crippen molar-refractivity contribution in [1.29, 1.82) is 0 Å². The maximum absolute atomic E-state index is 11.7. The molecule has 1 aromatic rings. The number of aromatic nitrogens is 2. The van der Waals surface area contributed by atoms with Gasteiger partial charge < -0.3 is 4.90 Å². The van der Waals surface area contributed by atoms with Crippen LogP contribution in [0.15, 0.2) is 18.5 Å². The Morgan fingerprint density at radius 2 is 2.56 bits per heavy atom. The number of hydrogen-bond donors (Lipinski definition) is 0. The molecule has 4 nitrogen and oxygen atoms in total. The van der Waals surface area contributed by atoms with Crippen molar-refractivity contribution in [3.63, 3.8) is 0 Å². The lowest BCUT2D eigenvalue weighted by Crippen LogP contribution is -2.37. The van der Waals surface area contributed by atoms with E-state index in [-0.39, 0.29) is 17.9 Å². The third kappa shape index (κ3) is 2.08. The van der Waals surface area contributed by atoms with Gasteiger partial charge in [-0.05, 0) is 13.0 Å². The van der Waals surface area contributed by atoms with Crippen molar-refractivity contribution in [1.82, 2.24) is 14.7 Å². The Hall–Kier alpha value is -1.76. The van der Waals surface area contributed by atoms with E-state index in [1.54, 1.807) is 6.20 Å². The first-order valence-corrected chi connectivity index (χ1v) is 5.43. The molecule has 0 radical (unpaired) electrons. The molecule has 1 aliphatic heterocycles. The van der Waals surface area contributed by atoms with Gasteiger partial charge in [0.05, 0.1) is 6.54 Å². The normalized spacial score (nSPS) is 22.1. The maximum Gasteiger partial charge on any atom is 0.224 e. The van der Waals surface area contributed by atoms with Crippen LogP contribution in [-0.4, -0.2) is 33.2 Å². The number of nitrogens with zero attached hydrogens (tertiary/aromatic N) is 3. The molecular weight excluding hydrogens is 202 g/mol. The molecule has 2 atom stereocenters. The van der Waals surface area contributed by atoms with Gasteiger partial charge >= 0.3 is 0 Å². The molecule has 0 aromatic carbocycles. The largest absolute Gasteiger partial charge is 0.337 e. The highest BCUT2D eigenvalue weighted by Gasteiger charge is 2.31. The molecular formula is C12H15N3O. The summed E-state index contributed by atoms with van der Waals surface area (Å²) in [6.07, 6.45) is 9.47. The first-order chi connectivity index (χ1) is 7.70. The lowest BCUT2D eigenvalue weighted by molar-refractivity contribution is -0.129. The molecule has 0 bridgehead atoms. The summed E-state index contributed by atoms with van der Waals surface area (Å²) in [5.74, 6) is 2.88. The van der Waals surface area contributed by atoms with Crippen molar-refractivity contribution in [3.05, 3.63) is 18.5 Å². The second-order valence-electron chi connectivity index (χ2n) is 4.19. The van der Waals surface area contributed by atoms with E-state index in [0.717, 1.165) is 6.54 Å². The van der Waals surface area contributed by atoms with Crippen LogP contribution in [0.2, 0.25) is 0 Å². The predicted molar refractivity (Wildman–Crippen MR) is 60.3 cm³/mol. The quantitative estimate of drug-likeness (QED) is 0.701. The van der Waals surface area contributed by atoms with E-state index in [2.05, 4.69) is 11.0 Å². The Bertz CT molecular complexity index is 404. The first kappa shape index (κ1) is 10.7. The fourth-order valence-electron chi connectivity index (χ4n) is 2.05.